The summed E-state index contributed by atoms with van der Waals surface area (Å²) in [6, 6.07) is 1.79. The number of anilines is 1. The van der Waals surface area contributed by atoms with Crippen LogP contribution in [-0.4, -0.2) is 27.7 Å². The summed E-state index contributed by atoms with van der Waals surface area (Å²) in [4.78, 5) is 0.257. The molecule has 0 aliphatic rings. The van der Waals surface area contributed by atoms with Gasteiger partial charge in [-0.05, 0) is 51.3 Å². The van der Waals surface area contributed by atoms with Gasteiger partial charge in [0.25, 0.3) is 0 Å². The molecule has 1 rings (SSSR count). The summed E-state index contributed by atoms with van der Waals surface area (Å²) in [5, 5.41) is 0. The predicted octanol–water partition coefficient (Wildman–Crippen LogP) is 1.90. The first-order valence-electron chi connectivity index (χ1n) is 6.43. The lowest BCUT2D eigenvalue weighted by molar-refractivity contribution is 0.0276. The highest BCUT2D eigenvalue weighted by Crippen LogP contribution is 2.28. The van der Waals surface area contributed by atoms with E-state index in [0.29, 0.717) is 16.8 Å². The molecule has 0 unspecified atom stereocenters. The van der Waals surface area contributed by atoms with Crippen molar-refractivity contribution in [2.24, 2.45) is 0 Å². The van der Waals surface area contributed by atoms with Crippen LogP contribution in [0.4, 0.5) is 5.69 Å². The van der Waals surface area contributed by atoms with Gasteiger partial charge < -0.3 is 10.5 Å². The molecule has 0 radical (unpaired) electrons. The molecular formula is C14H24N2O3S. The van der Waals surface area contributed by atoms with E-state index >= 15 is 0 Å². The summed E-state index contributed by atoms with van der Waals surface area (Å²) in [7, 11) is -2.06. The Bertz CT molecular complexity index is 607. The molecule has 6 heteroatoms. The third kappa shape index (κ3) is 3.50. The topological polar surface area (TPSA) is 81.4 Å². The normalized spacial score (nSPS) is 12.7. The third-order valence-corrected chi connectivity index (χ3v) is 5.16. The maximum absolute atomic E-state index is 12.5. The number of nitrogens with one attached hydrogen (secondary N) is 1. The molecule has 0 atom stereocenters. The van der Waals surface area contributed by atoms with E-state index in [1.807, 2.05) is 20.8 Å². The number of aryl methyl sites for hydroxylation is 2. The van der Waals surface area contributed by atoms with Gasteiger partial charge in [0.05, 0.1) is 10.5 Å². The highest BCUT2D eigenvalue weighted by molar-refractivity contribution is 7.89. The fourth-order valence-electron chi connectivity index (χ4n) is 2.01. The lowest BCUT2D eigenvalue weighted by Crippen LogP contribution is -2.40. The molecule has 0 aromatic heterocycles. The molecule has 0 saturated heterocycles. The van der Waals surface area contributed by atoms with Gasteiger partial charge >= 0.3 is 0 Å². The average molecular weight is 300 g/mol. The van der Waals surface area contributed by atoms with E-state index in [1.54, 1.807) is 27.0 Å². The van der Waals surface area contributed by atoms with Crippen LogP contribution in [0.5, 0.6) is 0 Å². The van der Waals surface area contributed by atoms with E-state index in [4.69, 9.17) is 10.5 Å². The second-order valence-electron chi connectivity index (χ2n) is 5.67. The molecule has 0 fully saturated rings. The fourth-order valence-corrected chi connectivity index (χ4v) is 3.69. The summed E-state index contributed by atoms with van der Waals surface area (Å²) in [5.74, 6) is 0. The van der Waals surface area contributed by atoms with Crippen molar-refractivity contribution < 1.29 is 13.2 Å². The number of rotatable bonds is 5. The lowest BCUT2D eigenvalue weighted by atomic mass is 10.1. The van der Waals surface area contributed by atoms with Gasteiger partial charge in [-0.1, -0.05) is 6.07 Å². The Morgan fingerprint density at radius 1 is 1.25 bits per heavy atom. The predicted molar refractivity (Wildman–Crippen MR) is 81.3 cm³/mol. The molecule has 0 heterocycles. The fraction of sp³-hybridized carbons (Fsp3) is 0.571. The molecule has 0 aliphatic carbocycles. The van der Waals surface area contributed by atoms with Crippen molar-refractivity contribution in [1.82, 2.24) is 4.72 Å². The van der Waals surface area contributed by atoms with Crippen molar-refractivity contribution in [3.05, 3.63) is 22.8 Å². The number of benzene rings is 1. The summed E-state index contributed by atoms with van der Waals surface area (Å²) < 4.78 is 32.8. The Kier molecular flexibility index (Phi) is 4.84. The molecule has 3 N–H and O–H groups in total. The maximum atomic E-state index is 12.5. The van der Waals surface area contributed by atoms with Crippen LogP contribution >= 0.6 is 0 Å². The number of nitrogens with two attached hydrogens (primary N) is 1. The Morgan fingerprint density at radius 3 is 2.30 bits per heavy atom. The van der Waals surface area contributed by atoms with Crippen LogP contribution in [0.2, 0.25) is 0 Å². The first-order chi connectivity index (χ1) is 9.02. The van der Waals surface area contributed by atoms with Crippen LogP contribution in [0.3, 0.4) is 0 Å². The quantitative estimate of drug-likeness (QED) is 0.814. The Labute approximate surface area is 121 Å². The van der Waals surface area contributed by atoms with Crippen molar-refractivity contribution in [2.45, 2.75) is 45.1 Å². The minimum absolute atomic E-state index is 0.193. The molecule has 114 valence electrons. The van der Waals surface area contributed by atoms with Crippen LogP contribution in [0.1, 0.15) is 30.5 Å². The zero-order chi connectivity index (χ0) is 15.7. The van der Waals surface area contributed by atoms with Crippen molar-refractivity contribution in [3.63, 3.8) is 0 Å². The highest BCUT2D eigenvalue weighted by Gasteiger charge is 2.25. The number of ether oxygens (including phenoxy) is 1. The van der Waals surface area contributed by atoms with Gasteiger partial charge in [-0.3, -0.25) is 0 Å². The lowest BCUT2D eigenvalue weighted by Gasteiger charge is -2.24. The van der Waals surface area contributed by atoms with Gasteiger partial charge in [0.2, 0.25) is 10.0 Å². The minimum Gasteiger partial charge on any atom is -0.398 e. The van der Waals surface area contributed by atoms with Crippen molar-refractivity contribution in [1.29, 1.82) is 0 Å². The number of hydrogen-bond donors (Lipinski definition) is 2. The summed E-state index contributed by atoms with van der Waals surface area (Å²) in [6.07, 6.45) is 0. The Balaban J connectivity index is 3.21. The van der Waals surface area contributed by atoms with Gasteiger partial charge in [0.1, 0.15) is 0 Å². The third-order valence-electron chi connectivity index (χ3n) is 3.47. The van der Waals surface area contributed by atoms with Crippen LogP contribution in [0.15, 0.2) is 11.0 Å². The van der Waals surface area contributed by atoms with Gasteiger partial charge in [0, 0.05) is 19.3 Å². The Morgan fingerprint density at radius 2 is 1.80 bits per heavy atom. The molecule has 0 aliphatic heterocycles. The van der Waals surface area contributed by atoms with Crippen LogP contribution in [0.25, 0.3) is 0 Å². The van der Waals surface area contributed by atoms with Crippen LogP contribution in [0, 0.1) is 20.8 Å². The first kappa shape index (κ1) is 16.9. The van der Waals surface area contributed by atoms with Crippen molar-refractivity contribution in [3.8, 4) is 0 Å². The van der Waals surface area contributed by atoms with Crippen LogP contribution in [-0.2, 0) is 14.8 Å². The standard InChI is InChI=1S/C14H24N2O3S/c1-9-7-10(2)13(11(3)12(9)15)20(17,18)16-8-14(4,5)19-6/h7,16H,8,15H2,1-6H3. The van der Waals surface area contributed by atoms with Crippen molar-refractivity contribution in [2.75, 3.05) is 19.4 Å². The Hall–Kier alpha value is -1.11. The molecule has 1 aromatic carbocycles. The van der Waals surface area contributed by atoms with E-state index in [1.165, 1.54) is 0 Å². The monoisotopic (exact) mass is 300 g/mol. The molecule has 0 saturated carbocycles. The van der Waals surface area contributed by atoms with Gasteiger partial charge in [-0.15, -0.1) is 0 Å². The number of hydrogen-bond acceptors (Lipinski definition) is 4. The van der Waals surface area contributed by atoms with E-state index in [0.717, 1.165) is 5.56 Å². The van der Waals surface area contributed by atoms with Gasteiger partial charge in [0.15, 0.2) is 0 Å². The average Bonchev–Trinajstić information content (AvgIpc) is 2.34. The van der Waals surface area contributed by atoms with Crippen molar-refractivity contribution >= 4 is 15.7 Å². The molecule has 0 spiro atoms. The molecule has 5 nitrogen and oxygen atoms in total. The largest absolute Gasteiger partial charge is 0.398 e. The molecule has 20 heavy (non-hydrogen) atoms. The van der Waals surface area contributed by atoms with E-state index in [9.17, 15) is 8.42 Å². The second-order valence-corrected chi connectivity index (χ2v) is 7.37. The highest BCUT2D eigenvalue weighted by atomic mass is 32.2. The molecule has 1 aromatic rings. The van der Waals surface area contributed by atoms with Gasteiger partial charge in [-0.25, -0.2) is 13.1 Å². The maximum Gasteiger partial charge on any atom is 0.241 e. The van der Waals surface area contributed by atoms with Gasteiger partial charge in [-0.2, -0.15) is 0 Å². The minimum atomic E-state index is -3.61. The zero-order valence-electron chi connectivity index (χ0n) is 13.0. The van der Waals surface area contributed by atoms with Crippen LogP contribution < -0.4 is 10.5 Å². The number of methoxy groups -OCH3 is 1. The zero-order valence-corrected chi connectivity index (χ0v) is 13.8. The van der Waals surface area contributed by atoms with E-state index in [2.05, 4.69) is 4.72 Å². The summed E-state index contributed by atoms with van der Waals surface area (Å²) in [6.45, 7) is 9.20. The van der Waals surface area contributed by atoms with E-state index in [-0.39, 0.29) is 11.4 Å². The summed E-state index contributed by atoms with van der Waals surface area (Å²) >= 11 is 0. The summed E-state index contributed by atoms with van der Waals surface area (Å²) in [5.41, 5.74) is 8.06. The van der Waals surface area contributed by atoms with E-state index < -0.39 is 15.6 Å². The number of sulfonamides is 1. The SMILES string of the molecule is COC(C)(C)CNS(=O)(=O)c1c(C)cc(C)c(N)c1C. The molecular weight excluding hydrogens is 276 g/mol. The first-order valence-corrected chi connectivity index (χ1v) is 7.91. The smallest absolute Gasteiger partial charge is 0.241 e. The second kappa shape index (κ2) is 5.71. The number of nitrogen functional groups attached to an aromatic ring is 1. The molecule has 0 amide bonds. The molecule has 0 bridgehead atoms.